The first-order valence-electron chi connectivity index (χ1n) is 8.82. The Morgan fingerprint density at radius 1 is 1.15 bits per heavy atom. The van der Waals surface area contributed by atoms with Gasteiger partial charge in [-0.05, 0) is 37.5 Å². The van der Waals surface area contributed by atoms with Gasteiger partial charge in [0.2, 0.25) is 5.91 Å². The van der Waals surface area contributed by atoms with Crippen molar-refractivity contribution in [2.24, 2.45) is 0 Å². The Morgan fingerprint density at radius 2 is 1.85 bits per heavy atom. The van der Waals surface area contributed by atoms with Crippen molar-refractivity contribution in [1.29, 1.82) is 0 Å². The van der Waals surface area contributed by atoms with Crippen LogP contribution in [0.15, 0.2) is 48.5 Å². The lowest BCUT2D eigenvalue weighted by molar-refractivity contribution is -0.151. The van der Waals surface area contributed by atoms with Crippen molar-refractivity contribution in [3.63, 3.8) is 0 Å². The van der Waals surface area contributed by atoms with Crippen LogP contribution < -0.4 is 4.74 Å². The number of nitrogens with zero attached hydrogens (tertiary/aromatic N) is 1. The molecule has 2 aromatic rings. The Labute approximate surface area is 153 Å². The minimum Gasteiger partial charge on any atom is -0.491 e. The van der Waals surface area contributed by atoms with Crippen molar-refractivity contribution in [3.8, 4) is 5.75 Å². The molecule has 2 aromatic carbocycles. The maximum Gasteiger partial charge on any atom is 0.331 e. The third-order valence-electron chi connectivity index (χ3n) is 4.51. The van der Waals surface area contributed by atoms with Crippen LogP contribution in [0.2, 0.25) is 0 Å². The van der Waals surface area contributed by atoms with Crippen LogP contribution in [0, 0.1) is 0 Å². The highest BCUT2D eigenvalue weighted by atomic mass is 16.5. The monoisotopic (exact) mass is 353 g/mol. The van der Waals surface area contributed by atoms with Gasteiger partial charge in [-0.3, -0.25) is 4.79 Å². The largest absolute Gasteiger partial charge is 0.491 e. The number of carboxylic acids is 1. The van der Waals surface area contributed by atoms with Crippen LogP contribution in [-0.4, -0.2) is 34.5 Å². The van der Waals surface area contributed by atoms with Gasteiger partial charge >= 0.3 is 5.97 Å². The number of fused-ring (bicyclic) bond motifs is 1. The normalized spacial score (nSPS) is 16.3. The summed E-state index contributed by atoms with van der Waals surface area (Å²) in [6.45, 7) is 4.27. The number of carbonyl (C=O) groups excluding carboxylic acids is 1. The molecule has 0 aromatic heterocycles. The van der Waals surface area contributed by atoms with Gasteiger partial charge in [-0.25, -0.2) is 4.79 Å². The average Bonchev–Trinajstić information content (AvgIpc) is 2.61. The van der Waals surface area contributed by atoms with Crippen molar-refractivity contribution in [3.05, 3.63) is 65.2 Å². The fourth-order valence-corrected chi connectivity index (χ4v) is 3.38. The first kappa shape index (κ1) is 18.0. The van der Waals surface area contributed by atoms with E-state index in [4.69, 9.17) is 4.74 Å². The Hall–Kier alpha value is -2.82. The van der Waals surface area contributed by atoms with E-state index in [-0.39, 0.29) is 18.4 Å². The third kappa shape index (κ3) is 3.72. The average molecular weight is 353 g/mol. The van der Waals surface area contributed by atoms with Crippen LogP contribution in [0.1, 0.15) is 36.6 Å². The molecule has 1 unspecified atom stereocenters. The Bertz CT molecular complexity index is 815. The predicted molar refractivity (Wildman–Crippen MR) is 98.1 cm³/mol. The van der Waals surface area contributed by atoms with Gasteiger partial charge in [0.05, 0.1) is 12.5 Å². The van der Waals surface area contributed by atoms with Crippen LogP contribution >= 0.6 is 0 Å². The second kappa shape index (κ2) is 7.60. The molecular weight excluding hydrogens is 330 g/mol. The second-order valence-electron chi connectivity index (χ2n) is 6.73. The molecule has 0 fully saturated rings. The molecule has 0 bridgehead atoms. The highest BCUT2D eigenvalue weighted by molar-refractivity contribution is 5.87. The molecule has 0 aliphatic carbocycles. The summed E-state index contributed by atoms with van der Waals surface area (Å²) in [6, 6.07) is 13.9. The van der Waals surface area contributed by atoms with E-state index < -0.39 is 12.0 Å². The quantitative estimate of drug-likeness (QED) is 0.896. The lowest BCUT2D eigenvalue weighted by Gasteiger charge is -2.35. The molecule has 1 aliphatic rings. The SMILES string of the molecule is CC(C)Oc1ccccc1CC(=O)N1CCc2ccccc2C1C(=O)O. The first-order chi connectivity index (χ1) is 12.5. The third-order valence-corrected chi connectivity index (χ3v) is 4.51. The van der Waals surface area contributed by atoms with Crippen molar-refractivity contribution in [2.45, 2.75) is 38.8 Å². The molecule has 1 aliphatic heterocycles. The Morgan fingerprint density at radius 3 is 2.58 bits per heavy atom. The molecule has 1 N–H and O–H groups in total. The van der Waals surface area contributed by atoms with Crippen molar-refractivity contribution in [2.75, 3.05) is 6.54 Å². The van der Waals surface area contributed by atoms with Gasteiger partial charge in [-0.2, -0.15) is 0 Å². The van der Waals surface area contributed by atoms with E-state index in [2.05, 4.69) is 0 Å². The minimum atomic E-state index is -1.00. The zero-order chi connectivity index (χ0) is 18.7. The van der Waals surface area contributed by atoms with Gasteiger partial charge in [-0.15, -0.1) is 0 Å². The number of para-hydroxylation sites is 1. The topological polar surface area (TPSA) is 66.8 Å². The number of hydrogen-bond donors (Lipinski definition) is 1. The van der Waals surface area contributed by atoms with Crippen molar-refractivity contribution in [1.82, 2.24) is 4.90 Å². The first-order valence-corrected chi connectivity index (χ1v) is 8.82. The fourth-order valence-electron chi connectivity index (χ4n) is 3.38. The molecule has 3 rings (SSSR count). The van der Waals surface area contributed by atoms with E-state index in [0.717, 1.165) is 11.1 Å². The van der Waals surface area contributed by atoms with Crippen LogP contribution in [0.25, 0.3) is 0 Å². The van der Waals surface area contributed by atoms with Gasteiger partial charge in [0.1, 0.15) is 5.75 Å². The summed E-state index contributed by atoms with van der Waals surface area (Å²) in [5.74, 6) is -0.538. The Balaban J connectivity index is 1.85. The zero-order valence-corrected chi connectivity index (χ0v) is 15.0. The molecule has 1 amide bonds. The second-order valence-corrected chi connectivity index (χ2v) is 6.73. The molecule has 1 atom stereocenters. The molecule has 0 radical (unpaired) electrons. The molecule has 5 heteroatoms. The van der Waals surface area contributed by atoms with Crippen molar-refractivity contribution < 1.29 is 19.4 Å². The lowest BCUT2D eigenvalue weighted by atomic mass is 9.92. The summed E-state index contributed by atoms with van der Waals surface area (Å²) >= 11 is 0. The van der Waals surface area contributed by atoms with Gasteiger partial charge in [0.15, 0.2) is 6.04 Å². The number of hydrogen-bond acceptors (Lipinski definition) is 3. The molecular formula is C21H23NO4. The minimum absolute atomic E-state index is 0.000108. The molecule has 0 saturated heterocycles. The van der Waals surface area contributed by atoms with Gasteiger partial charge in [0.25, 0.3) is 0 Å². The molecule has 0 saturated carbocycles. The van der Waals surface area contributed by atoms with Crippen LogP contribution in [-0.2, 0) is 22.4 Å². The van der Waals surface area contributed by atoms with Crippen LogP contribution in [0.5, 0.6) is 5.75 Å². The molecule has 136 valence electrons. The van der Waals surface area contributed by atoms with Crippen molar-refractivity contribution >= 4 is 11.9 Å². The summed E-state index contributed by atoms with van der Waals surface area (Å²) in [5.41, 5.74) is 2.47. The lowest BCUT2D eigenvalue weighted by Crippen LogP contribution is -2.44. The predicted octanol–water partition coefficient (Wildman–Crippen LogP) is 3.23. The molecule has 1 heterocycles. The number of carboxylic acid groups (broad SMARTS) is 1. The van der Waals surface area contributed by atoms with Gasteiger partial charge < -0.3 is 14.7 Å². The molecule has 0 spiro atoms. The number of amides is 1. The smallest absolute Gasteiger partial charge is 0.331 e. The Kier molecular flexibility index (Phi) is 5.26. The zero-order valence-electron chi connectivity index (χ0n) is 15.0. The van der Waals surface area contributed by atoms with E-state index in [0.29, 0.717) is 24.3 Å². The van der Waals surface area contributed by atoms with E-state index in [1.807, 2.05) is 56.3 Å². The maximum absolute atomic E-state index is 12.9. The number of aliphatic carboxylic acids is 1. The summed E-state index contributed by atoms with van der Waals surface area (Å²) in [4.78, 5) is 26.3. The summed E-state index contributed by atoms with van der Waals surface area (Å²) in [5, 5.41) is 9.73. The van der Waals surface area contributed by atoms with E-state index >= 15 is 0 Å². The van der Waals surface area contributed by atoms with E-state index in [9.17, 15) is 14.7 Å². The standard InChI is InChI=1S/C21H23NO4/c1-14(2)26-18-10-6-4-8-16(18)13-19(23)22-12-11-15-7-3-5-9-17(15)20(22)21(24)25/h3-10,14,20H,11-13H2,1-2H3,(H,24,25). The number of benzene rings is 2. The molecule has 5 nitrogen and oxygen atoms in total. The number of rotatable bonds is 5. The van der Waals surface area contributed by atoms with Crippen LogP contribution in [0.4, 0.5) is 0 Å². The summed E-state index contributed by atoms with van der Waals surface area (Å²) in [7, 11) is 0. The highest BCUT2D eigenvalue weighted by Gasteiger charge is 2.35. The number of ether oxygens (including phenoxy) is 1. The summed E-state index contributed by atoms with van der Waals surface area (Å²) < 4.78 is 5.78. The van der Waals surface area contributed by atoms with E-state index in [1.54, 1.807) is 6.07 Å². The van der Waals surface area contributed by atoms with E-state index in [1.165, 1.54) is 4.90 Å². The van der Waals surface area contributed by atoms with Gasteiger partial charge in [0, 0.05) is 12.1 Å². The fraction of sp³-hybridized carbons (Fsp3) is 0.333. The molecule has 26 heavy (non-hydrogen) atoms. The van der Waals surface area contributed by atoms with Crippen LogP contribution in [0.3, 0.4) is 0 Å². The number of carbonyl (C=O) groups is 2. The maximum atomic E-state index is 12.9. The summed E-state index contributed by atoms with van der Waals surface area (Å²) in [6.07, 6.45) is 0.782. The van der Waals surface area contributed by atoms with Gasteiger partial charge in [-0.1, -0.05) is 42.5 Å². The highest BCUT2D eigenvalue weighted by Crippen LogP contribution is 2.31.